The van der Waals surface area contributed by atoms with Gasteiger partial charge in [-0.05, 0) is 53.2 Å². The van der Waals surface area contributed by atoms with Gasteiger partial charge in [-0.2, -0.15) is 0 Å². The van der Waals surface area contributed by atoms with Gasteiger partial charge in [-0.25, -0.2) is 8.42 Å². The molecule has 2 aromatic rings. The number of rotatable bonds is 5. The van der Waals surface area contributed by atoms with Gasteiger partial charge in [0.2, 0.25) is 10.0 Å². The number of hydrogen-bond acceptors (Lipinski definition) is 4. The first-order valence-corrected chi connectivity index (χ1v) is 9.10. The third kappa shape index (κ3) is 4.66. The van der Waals surface area contributed by atoms with Gasteiger partial charge in [0, 0.05) is 0 Å². The minimum absolute atomic E-state index is 0.123. The van der Waals surface area contributed by atoms with Crippen molar-refractivity contribution in [2.24, 2.45) is 0 Å². The highest BCUT2D eigenvalue weighted by atomic mass is 79.9. The maximum atomic E-state index is 11.3. The van der Waals surface area contributed by atoms with Gasteiger partial charge in [-0.1, -0.05) is 11.6 Å². The highest BCUT2D eigenvalue weighted by Crippen LogP contribution is 2.30. The number of hydrogen-bond donors (Lipinski definition) is 2. The Morgan fingerprint density at radius 3 is 2.57 bits per heavy atom. The van der Waals surface area contributed by atoms with Crippen LogP contribution in [0.4, 0.5) is 11.4 Å². The fourth-order valence-corrected chi connectivity index (χ4v) is 2.83. The van der Waals surface area contributed by atoms with Gasteiger partial charge in [0.15, 0.2) is 4.67 Å². The summed E-state index contributed by atoms with van der Waals surface area (Å²) in [6, 6.07) is 8.38. The molecule has 0 radical (unpaired) electrons. The average molecular weight is 394 g/mol. The lowest BCUT2D eigenvalue weighted by molar-refractivity contribution is 0.471. The number of furan rings is 1. The van der Waals surface area contributed by atoms with Crippen molar-refractivity contribution in [3.8, 4) is 0 Å². The largest absolute Gasteiger partial charge is 0.452 e. The van der Waals surface area contributed by atoms with E-state index in [-0.39, 0.29) is 6.04 Å². The zero-order valence-electron chi connectivity index (χ0n) is 11.4. The van der Waals surface area contributed by atoms with E-state index in [4.69, 9.17) is 16.0 Å². The van der Waals surface area contributed by atoms with Gasteiger partial charge >= 0.3 is 0 Å². The monoisotopic (exact) mass is 392 g/mol. The van der Waals surface area contributed by atoms with Crippen molar-refractivity contribution in [3.05, 3.63) is 45.8 Å². The zero-order chi connectivity index (χ0) is 15.6. The number of benzene rings is 1. The Hall–Kier alpha value is -1.18. The van der Waals surface area contributed by atoms with Gasteiger partial charge in [-0.15, -0.1) is 0 Å². The second-order valence-electron chi connectivity index (χ2n) is 4.58. The zero-order valence-corrected chi connectivity index (χ0v) is 14.5. The third-order valence-electron chi connectivity index (χ3n) is 2.66. The topological polar surface area (TPSA) is 71.3 Å². The summed E-state index contributed by atoms with van der Waals surface area (Å²) in [5, 5.41) is 3.68. The Morgan fingerprint density at radius 1 is 1.29 bits per heavy atom. The van der Waals surface area contributed by atoms with Gasteiger partial charge in [0.25, 0.3) is 0 Å². The van der Waals surface area contributed by atoms with Crippen molar-refractivity contribution in [2.75, 3.05) is 16.3 Å². The van der Waals surface area contributed by atoms with E-state index < -0.39 is 10.0 Å². The lowest BCUT2D eigenvalue weighted by Gasteiger charge is -2.15. The normalized spacial score (nSPS) is 13.0. The first kappa shape index (κ1) is 16.2. The van der Waals surface area contributed by atoms with Crippen LogP contribution in [0.5, 0.6) is 0 Å². The van der Waals surface area contributed by atoms with E-state index in [9.17, 15) is 8.42 Å². The molecule has 0 amide bonds. The lowest BCUT2D eigenvalue weighted by atomic mass is 10.2. The number of nitrogens with one attached hydrogen (secondary N) is 2. The fraction of sp³-hybridized carbons (Fsp3) is 0.231. The van der Waals surface area contributed by atoms with E-state index in [0.29, 0.717) is 21.1 Å². The van der Waals surface area contributed by atoms with Gasteiger partial charge in [0.05, 0.1) is 28.7 Å². The van der Waals surface area contributed by atoms with E-state index >= 15 is 0 Å². The average Bonchev–Trinajstić information content (AvgIpc) is 2.78. The van der Waals surface area contributed by atoms with Gasteiger partial charge in [-0.3, -0.25) is 4.72 Å². The van der Waals surface area contributed by atoms with Crippen molar-refractivity contribution >= 4 is 48.9 Å². The molecule has 0 aliphatic carbocycles. The van der Waals surface area contributed by atoms with E-state index in [1.165, 1.54) is 0 Å². The van der Waals surface area contributed by atoms with Gasteiger partial charge < -0.3 is 9.73 Å². The molecule has 0 fully saturated rings. The Labute approximate surface area is 136 Å². The molecule has 1 aromatic carbocycles. The molecule has 1 heterocycles. The Bertz CT molecular complexity index is 746. The lowest BCUT2D eigenvalue weighted by Crippen LogP contribution is -2.10. The van der Waals surface area contributed by atoms with E-state index in [1.807, 2.05) is 13.0 Å². The van der Waals surface area contributed by atoms with Crippen molar-refractivity contribution in [3.63, 3.8) is 0 Å². The first-order valence-electron chi connectivity index (χ1n) is 6.04. The second-order valence-corrected chi connectivity index (χ2v) is 7.51. The molecule has 0 aliphatic rings. The molecule has 0 saturated carbocycles. The molecule has 8 heteroatoms. The molecule has 0 saturated heterocycles. The predicted octanol–water partition coefficient (Wildman–Crippen LogP) is 4.24. The molecule has 21 heavy (non-hydrogen) atoms. The molecule has 0 aliphatic heterocycles. The summed E-state index contributed by atoms with van der Waals surface area (Å²) >= 11 is 9.37. The molecular weight excluding hydrogens is 380 g/mol. The van der Waals surface area contributed by atoms with Crippen LogP contribution in [-0.4, -0.2) is 14.7 Å². The highest BCUT2D eigenvalue weighted by Gasteiger charge is 2.12. The van der Waals surface area contributed by atoms with E-state index in [1.54, 1.807) is 24.3 Å². The van der Waals surface area contributed by atoms with Gasteiger partial charge in [0.1, 0.15) is 5.76 Å². The van der Waals surface area contributed by atoms with Crippen LogP contribution in [0.25, 0.3) is 0 Å². The molecule has 5 nitrogen and oxygen atoms in total. The first-order chi connectivity index (χ1) is 9.74. The van der Waals surface area contributed by atoms with Crippen LogP contribution >= 0.6 is 27.5 Å². The summed E-state index contributed by atoms with van der Waals surface area (Å²) in [6.07, 6.45) is 1.09. The summed E-state index contributed by atoms with van der Waals surface area (Å²) in [7, 11) is -3.33. The molecule has 2 N–H and O–H groups in total. The van der Waals surface area contributed by atoms with Crippen LogP contribution in [0.2, 0.25) is 5.02 Å². The predicted molar refractivity (Wildman–Crippen MR) is 88.4 cm³/mol. The molecule has 2 rings (SSSR count). The number of sulfonamides is 1. The minimum atomic E-state index is -3.33. The Balaban J connectivity index is 2.21. The van der Waals surface area contributed by atoms with Crippen molar-refractivity contribution in [1.29, 1.82) is 0 Å². The summed E-state index contributed by atoms with van der Waals surface area (Å²) in [5.74, 6) is 0.736. The molecule has 1 unspecified atom stereocenters. The minimum Gasteiger partial charge on any atom is -0.452 e. The van der Waals surface area contributed by atoms with Crippen LogP contribution in [-0.2, 0) is 10.0 Å². The number of anilines is 2. The molecule has 0 spiro atoms. The van der Waals surface area contributed by atoms with Crippen molar-refractivity contribution in [1.82, 2.24) is 0 Å². The third-order valence-corrected chi connectivity index (χ3v) is 4.02. The second kappa shape index (κ2) is 6.29. The van der Waals surface area contributed by atoms with Crippen LogP contribution in [0.15, 0.2) is 39.4 Å². The smallest absolute Gasteiger partial charge is 0.229 e. The molecular formula is C13H14BrClN2O3S. The molecule has 0 bridgehead atoms. The Kier molecular flexibility index (Phi) is 4.85. The Morgan fingerprint density at radius 2 is 2.00 bits per heavy atom. The maximum Gasteiger partial charge on any atom is 0.229 e. The maximum absolute atomic E-state index is 11.3. The quantitative estimate of drug-likeness (QED) is 0.797. The molecule has 114 valence electrons. The van der Waals surface area contributed by atoms with Crippen molar-refractivity contribution < 1.29 is 12.8 Å². The summed E-state index contributed by atoms with van der Waals surface area (Å²) < 4.78 is 31.0. The van der Waals surface area contributed by atoms with Crippen LogP contribution in [0.1, 0.15) is 18.7 Å². The fourth-order valence-electron chi connectivity index (χ4n) is 1.78. The molecule has 1 atom stereocenters. The van der Waals surface area contributed by atoms with Crippen LogP contribution in [0, 0.1) is 0 Å². The van der Waals surface area contributed by atoms with Crippen molar-refractivity contribution in [2.45, 2.75) is 13.0 Å². The SMILES string of the molecule is CC(Nc1cc(NS(C)(=O)=O)ccc1Cl)c1ccc(Br)o1. The molecule has 1 aromatic heterocycles. The standard InChI is InChI=1S/C13H14BrClN2O3S/c1-8(12-5-6-13(14)20-12)16-11-7-9(3-4-10(11)15)17-21(2,18)19/h3-8,16-17H,1-2H3. The summed E-state index contributed by atoms with van der Waals surface area (Å²) in [4.78, 5) is 0. The highest BCUT2D eigenvalue weighted by molar-refractivity contribution is 9.10. The van der Waals surface area contributed by atoms with Crippen LogP contribution in [0.3, 0.4) is 0 Å². The summed E-state index contributed by atoms with van der Waals surface area (Å²) in [6.45, 7) is 1.91. The number of halogens is 2. The summed E-state index contributed by atoms with van der Waals surface area (Å²) in [5.41, 5.74) is 1.06. The van der Waals surface area contributed by atoms with Crippen LogP contribution < -0.4 is 10.0 Å². The van der Waals surface area contributed by atoms with E-state index in [2.05, 4.69) is 26.0 Å². The van der Waals surface area contributed by atoms with E-state index in [0.717, 1.165) is 12.0 Å².